The molecule has 0 aliphatic rings. The fourth-order valence-electron chi connectivity index (χ4n) is 1.56. The van der Waals surface area contributed by atoms with Crippen LogP contribution < -0.4 is 5.32 Å². The van der Waals surface area contributed by atoms with Crippen LogP contribution in [-0.2, 0) is 4.74 Å². The summed E-state index contributed by atoms with van der Waals surface area (Å²) in [7, 11) is 1.80. The van der Waals surface area contributed by atoms with Crippen LogP contribution >= 0.6 is 11.8 Å². The Labute approximate surface area is 112 Å². The van der Waals surface area contributed by atoms with Crippen molar-refractivity contribution in [3.63, 3.8) is 0 Å². The van der Waals surface area contributed by atoms with E-state index in [0.717, 1.165) is 18.2 Å². The molecule has 0 amide bonds. The minimum Gasteiger partial charge on any atom is -0.379 e. The molecule has 0 heterocycles. The Morgan fingerprint density at radius 1 is 1.29 bits per heavy atom. The van der Waals surface area contributed by atoms with E-state index in [1.165, 1.54) is 18.6 Å². The molecule has 3 heteroatoms. The normalized spacial score (nSPS) is 15.9. The van der Waals surface area contributed by atoms with Crippen LogP contribution in [0.4, 0.5) is 0 Å². The number of methoxy groups -OCH3 is 1. The summed E-state index contributed by atoms with van der Waals surface area (Å²) in [6.07, 6.45) is 3.56. The van der Waals surface area contributed by atoms with E-state index in [2.05, 4.69) is 51.7 Å². The number of ether oxygens (including phenoxy) is 1. The first-order valence-electron chi connectivity index (χ1n) is 6.85. The summed E-state index contributed by atoms with van der Waals surface area (Å²) < 4.78 is 5.48. The molecule has 0 radical (unpaired) electrons. The van der Waals surface area contributed by atoms with E-state index in [0.29, 0.717) is 6.04 Å². The van der Waals surface area contributed by atoms with Gasteiger partial charge in [-0.15, -0.1) is 0 Å². The van der Waals surface area contributed by atoms with Crippen LogP contribution in [0.25, 0.3) is 0 Å². The molecule has 2 atom stereocenters. The Hall–Kier alpha value is 0.270. The standard InChI is InChI=1S/C14H31NOS/c1-7-12(3)17-11-13(15-8-2)9-10-14(4,5)16-6/h12-13,15H,7-11H2,1-6H3. The van der Waals surface area contributed by atoms with Gasteiger partial charge in [0.05, 0.1) is 5.60 Å². The fourth-order valence-corrected chi connectivity index (χ4v) is 2.64. The van der Waals surface area contributed by atoms with Crippen molar-refractivity contribution >= 4 is 11.8 Å². The third-order valence-electron chi connectivity index (χ3n) is 3.30. The molecule has 1 N–H and O–H groups in total. The molecule has 17 heavy (non-hydrogen) atoms. The zero-order valence-corrected chi connectivity index (χ0v) is 13.3. The van der Waals surface area contributed by atoms with Crippen molar-refractivity contribution in [3.8, 4) is 0 Å². The monoisotopic (exact) mass is 261 g/mol. The minimum absolute atomic E-state index is 0.00864. The van der Waals surface area contributed by atoms with E-state index in [9.17, 15) is 0 Å². The third-order valence-corrected chi connectivity index (χ3v) is 4.79. The maximum atomic E-state index is 5.48. The van der Waals surface area contributed by atoms with E-state index < -0.39 is 0 Å². The van der Waals surface area contributed by atoms with Gasteiger partial charge < -0.3 is 10.1 Å². The lowest BCUT2D eigenvalue weighted by atomic mass is 9.99. The molecule has 2 unspecified atom stereocenters. The first-order valence-corrected chi connectivity index (χ1v) is 7.90. The van der Waals surface area contributed by atoms with Gasteiger partial charge in [0.15, 0.2) is 0 Å². The highest BCUT2D eigenvalue weighted by molar-refractivity contribution is 7.99. The van der Waals surface area contributed by atoms with Gasteiger partial charge in [0, 0.05) is 24.2 Å². The second-order valence-corrected chi connectivity index (χ2v) is 6.78. The Balaban J connectivity index is 3.97. The first kappa shape index (κ1) is 17.3. The van der Waals surface area contributed by atoms with Crippen molar-refractivity contribution in [1.82, 2.24) is 5.32 Å². The quantitative estimate of drug-likeness (QED) is 0.648. The summed E-state index contributed by atoms with van der Waals surface area (Å²) in [5.41, 5.74) is 0.00864. The second kappa shape index (κ2) is 9.23. The molecule has 0 aromatic rings. The molecule has 104 valence electrons. The Morgan fingerprint density at radius 2 is 1.94 bits per heavy atom. The van der Waals surface area contributed by atoms with Gasteiger partial charge >= 0.3 is 0 Å². The van der Waals surface area contributed by atoms with E-state index >= 15 is 0 Å². The summed E-state index contributed by atoms with van der Waals surface area (Å²) in [6, 6.07) is 0.619. The average molecular weight is 261 g/mol. The molecule has 0 aromatic carbocycles. The maximum Gasteiger partial charge on any atom is 0.0623 e. The second-order valence-electron chi connectivity index (χ2n) is 5.31. The van der Waals surface area contributed by atoms with Crippen molar-refractivity contribution in [2.75, 3.05) is 19.4 Å². The summed E-state index contributed by atoms with van der Waals surface area (Å²) in [4.78, 5) is 0. The highest BCUT2D eigenvalue weighted by atomic mass is 32.2. The molecule has 0 spiro atoms. The highest BCUT2D eigenvalue weighted by Crippen LogP contribution is 2.20. The predicted molar refractivity (Wildman–Crippen MR) is 80.0 cm³/mol. The zero-order valence-electron chi connectivity index (χ0n) is 12.5. The molecule has 0 aliphatic carbocycles. The molecule has 0 rings (SSSR count). The Bertz CT molecular complexity index is 185. The van der Waals surface area contributed by atoms with Crippen molar-refractivity contribution < 1.29 is 4.74 Å². The number of thioether (sulfide) groups is 1. The van der Waals surface area contributed by atoms with Gasteiger partial charge in [0.2, 0.25) is 0 Å². The van der Waals surface area contributed by atoms with Crippen LogP contribution in [0.15, 0.2) is 0 Å². The van der Waals surface area contributed by atoms with Crippen LogP contribution in [0.3, 0.4) is 0 Å². The lowest BCUT2D eigenvalue weighted by Gasteiger charge is -2.26. The largest absolute Gasteiger partial charge is 0.379 e. The van der Waals surface area contributed by atoms with Crippen molar-refractivity contribution in [2.45, 2.75) is 70.8 Å². The van der Waals surface area contributed by atoms with Crippen LogP contribution in [0.2, 0.25) is 0 Å². The molecular formula is C14H31NOS. The van der Waals surface area contributed by atoms with E-state index in [1.54, 1.807) is 7.11 Å². The van der Waals surface area contributed by atoms with Gasteiger partial charge in [0.1, 0.15) is 0 Å². The molecule has 0 saturated heterocycles. The fraction of sp³-hybridized carbons (Fsp3) is 1.00. The van der Waals surface area contributed by atoms with Gasteiger partial charge in [-0.05, 0) is 39.7 Å². The lowest BCUT2D eigenvalue weighted by Crippen LogP contribution is -2.34. The predicted octanol–water partition coefficient (Wildman–Crippen LogP) is 3.70. The zero-order chi connectivity index (χ0) is 13.3. The van der Waals surface area contributed by atoms with Crippen molar-refractivity contribution in [3.05, 3.63) is 0 Å². The Morgan fingerprint density at radius 3 is 2.41 bits per heavy atom. The number of hydrogen-bond donors (Lipinski definition) is 1. The molecule has 0 aliphatic heterocycles. The molecular weight excluding hydrogens is 230 g/mol. The summed E-state index contributed by atoms with van der Waals surface area (Å²) >= 11 is 2.08. The van der Waals surface area contributed by atoms with Crippen LogP contribution in [0, 0.1) is 0 Å². The number of rotatable bonds is 10. The average Bonchev–Trinajstić information content (AvgIpc) is 2.32. The van der Waals surface area contributed by atoms with E-state index in [4.69, 9.17) is 4.74 Å². The molecule has 0 aromatic heterocycles. The van der Waals surface area contributed by atoms with Crippen LogP contribution in [0.5, 0.6) is 0 Å². The van der Waals surface area contributed by atoms with Gasteiger partial charge in [-0.3, -0.25) is 0 Å². The number of nitrogens with one attached hydrogen (secondary N) is 1. The third kappa shape index (κ3) is 8.92. The van der Waals surface area contributed by atoms with E-state index in [-0.39, 0.29) is 5.60 Å². The van der Waals surface area contributed by atoms with Crippen LogP contribution in [-0.4, -0.2) is 36.3 Å². The molecule has 2 nitrogen and oxygen atoms in total. The van der Waals surface area contributed by atoms with Gasteiger partial charge in [-0.25, -0.2) is 0 Å². The van der Waals surface area contributed by atoms with E-state index in [1.807, 2.05) is 0 Å². The summed E-state index contributed by atoms with van der Waals surface area (Å²) in [6.45, 7) is 12.1. The van der Waals surface area contributed by atoms with Gasteiger partial charge in [-0.2, -0.15) is 11.8 Å². The summed E-state index contributed by atoms with van der Waals surface area (Å²) in [5, 5.41) is 4.35. The van der Waals surface area contributed by atoms with Crippen LogP contribution in [0.1, 0.15) is 53.9 Å². The SMILES string of the molecule is CCNC(CCC(C)(C)OC)CSC(C)CC. The number of hydrogen-bond acceptors (Lipinski definition) is 3. The lowest BCUT2D eigenvalue weighted by molar-refractivity contribution is 0.0122. The van der Waals surface area contributed by atoms with Crippen molar-refractivity contribution in [2.24, 2.45) is 0 Å². The molecule has 0 saturated carbocycles. The minimum atomic E-state index is 0.00864. The van der Waals surface area contributed by atoms with Gasteiger partial charge in [0.25, 0.3) is 0 Å². The van der Waals surface area contributed by atoms with Gasteiger partial charge in [-0.1, -0.05) is 20.8 Å². The molecule has 0 fully saturated rings. The molecule has 0 bridgehead atoms. The first-order chi connectivity index (χ1) is 7.95. The van der Waals surface area contributed by atoms with Crippen molar-refractivity contribution in [1.29, 1.82) is 0 Å². The Kier molecular flexibility index (Phi) is 9.38. The maximum absolute atomic E-state index is 5.48. The topological polar surface area (TPSA) is 21.3 Å². The highest BCUT2D eigenvalue weighted by Gasteiger charge is 2.19. The summed E-state index contributed by atoms with van der Waals surface area (Å²) in [5.74, 6) is 1.21. The smallest absolute Gasteiger partial charge is 0.0623 e.